The molecule has 0 aliphatic heterocycles. The molecule has 0 aromatic rings. The van der Waals surface area contributed by atoms with E-state index in [4.69, 9.17) is 0 Å². The molecule has 16 heavy (non-hydrogen) atoms. The summed E-state index contributed by atoms with van der Waals surface area (Å²) >= 11 is 0. The fraction of sp³-hybridized carbons (Fsp3) is 0.600. The summed E-state index contributed by atoms with van der Waals surface area (Å²) in [6.07, 6.45) is 6.98. The van der Waals surface area contributed by atoms with E-state index in [1.807, 2.05) is 19.1 Å². The van der Waals surface area contributed by atoms with Crippen LogP contribution in [0, 0.1) is 0 Å². The number of hydrogen-bond donors (Lipinski definition) is 0. The van der Waals surface area contributed by atoms with E-state index < -0.39 is 6.17 Å². The summed E-state index contributed by atoms with van der Waals surface area (Å²) in [4.78, 5) is 0. The highest BCUT2D eigenvalue weighted by atomic mass is 19.1. The number of rotatable bonds is 7. The van der Waals surface area contributed by atoms with Gasteiger partial charge < -0.3 is 0 Å². The van der Waals surface area contributed by atoms with Crippen molar-refractivity contribution in [3.8, 4) is 0 Å². The van der Waals surface area contributed by atoms with E-state index in [2.05, 4.69) is 20.4 Å². The van der Waals surface area contributed by atoms with Crippen LogP contribution in [0.3, 0.4) is 0 Å². The third-order valence-corrected chi connectivity index (χ3v) is 2.72. The highest BCUT2D eigenvalue weighted by molar-refractivity contribution is 5.19. The van der Waals surface area contributed by atoms with Crippen LogP contribution < -0.4 is 0 Å². The first-order valence-corrected chi connectivity index (χ1v) is 6.12. The van der Waals surface area contributed by atoms with E-state index in [1.165, 1.54) is 11.1 Å². The van der Waals surface area contributed by atoms with Gasteiger partial charge in [0.05, 0.1) is 0 Å². The molecule has 92 valence electrons. The Bertz CT molecular complexity index is 269. The zero-order chi connectivity index (χ0) is 12.6. The maximum atomic E-state index is 13.3. The molecule has 0 aliphatic rings. The summed E-state index contributed by atoms with van der Waals surface area (Å²) < 4.78 is 13.3. The minimum atomic E-state index is -0.842. The second-order valence-corrected chi connectivity index (χ2v) is 4.53. The third-order valence-electron chi connectivity index (χ3n) is 2.72. The molecule has 1 atom stereocenters. The highest BCUT2D eigenvalue weighted by Crippen LogP contribution is 2.17. The molecule has 0 aromatic carbocycles. The largest absolute Gasteiger partial charge is 0.243 e. The van der Waals surface area contributed by atoms with E-state index >= 15 is 0 Å². The quantitative estimate of drug-likeness (QED) is 0.402. The lowest BCUT2D eigenvalue weighted by molar-refractivity contribution is 0.400. The average molecular weight is 224 g/mol. The van der Waals surface area contributed by atoms with Crippen LogP contribution in [-0.4, -0.2) is 6.17 Å². The van der Waals surface area contributed by atoms with Crippen molar-refractivity contribution in [1.82, 2.24) is 0 Å². The SMILES string of the molecule is C=C(C)CCC/C(=C/C=C(/C)CC)C(C)F. The molecule has 1 heteroatoms. The molecule has 0 amide bonds. The highest BCUT2D eigenvalue weighted by Gasteiger charge is 2.05. The monoisotopic (exact) mass is 224 g/mol. The van der Waals surface area contributed by atoms with Gasteiger partial charge in [0.2, 0.25) is 0 Å². The number of allylic oxidation sites excluding steroid dienone is 5. The van der Waals surface area contributed by atoms with Crippen LogP contribution in [-0.2, 0) is 0 Å². The fourth-order valence-electron chi connectivity index (χ4n) is 1.38. The summed E-state index contributed by atoms with van der Waals surface area (Å²) in [5, 5.41) is 0. The first kappa shape index (κ1) is 15.2. The Kier molecular flexibility index (Phi) is 7.88. The van der Waals surface area contributed by atoms with Gasteiger partial charge in [-0.05, 0) is 52.0 Å². The number of alkyl halides is 1. The number of halogens is 1. The van der Waals surface area contributed by atoms with Crippen molar-refractivity contribution in [1.29, 1.82) is 0 Å². The lowest BCUT2D eigenvalue weighted by atomic mass is 10.0. The van der Waals surface area contributed by atoms with Gasteiger partial charge in [-0.2, -0.15) is 0 Å². The summed E-state index contributed by atoms with van der Waals surface area (Å²) in [6, 6.07) is 0. The van der Waals surface area contributed by atoms with E-state index in [0.29, 0.717) is 0 Å². The van der Waals surface area contributed by atoms with Gasteiger partial charge in [-0.25, -0.2) is 4.39 Å². The molecule has 0 radical (unpaired) electrons. The molecule has 0 saturated carbocycles. The van der Waals surface area contributed by atoms with Gasteiger partial charge in [0.15, 0.2) is 0 Å². The third kappa shape index (κ3) is 7.44. The molecule has 0 N–H and O–H groups in total. The fourth-order valence-corrected chi connectivity index (χ4v) is 1.38. The Labute approximate surface area is 99.9 Å². The molecular formula is C15H25F. The lowest BCUT2D eigenvalue weighted by Gasteiger charge is -2.08. The maximum Gasteiger partial charge on any atom is 0.119 e. The molecule has 0 bridgehead atoms. The molecule has 1 unspecified atom stereocenters. The Balaban J connectivity index is 4.33. The summed E-state index contributed by atoms with van der Waals surface area (Å²) in [5.74, 6) is 0. The van der Waals surface area contributed by atoms with E-state index in [-0.39, 0.29) is 0 Å². The molecule has 0 saturated heterocycles. The Morgan fingerprint density at radius 2 is 1.88 bits per heavy atom. The van der Waals surface area contributed by atoms with E-state index in [1.54, 1.807) is 6.92 Å². The Morgan fingerprint density at radius 3 is 2.31 bits per heavy atom. The van der Waals surface area contributed by atoms with Gasteiger partial charge in [-0.3, -0.25) is 0 Å². The van der Waals surface area contributed by atoms with Crippen LogP contribution >= 0.6 is 0 Å². The molecule has 0 nitrogen and oxygen atoms in total. The first-order valence-electron chi connectivity index (χ1n) is 6.12. The van der Waals surface area contributed by atoms with Crippen molar-refractivity contribution in [3.05, 3.63) is 35.5 Å². The Hall–Kier alpha value is -0.850. The lowest BCUT2D eigenvalue weighted by Crippen LogP contribution is -1.98. The molecule has 0 rings (SSSR count). The van der Waals surface area contributed by atoms with Gasteiger partial charge in [-0.1, -0.05) is 30.2 Å². The molecule has 0 heterocycles. The van der Waals surface area contributed by atoms with Gasteiger partial charge in [0.25, 0.3) is 0 Å². The van der Waals surface area contributed by atoms with Crippen LogP contribution in [0.4, 0.5) is 4.39 Å². The molecule has 0 aliphatic carbocycles. The number of hydrogen-bond acceptors (Lipinski definition) is 0. The predicted molar refractivity (Wildman–Crippen MR) is 71.4 cm³/mol. The van der Waals surface area contributed by atoms with Crippen LogP contribution in [0.1, 0.15) is 53.4 Å². The standard InChI is InChI=1S/C15H25F/c1-6-13(4)10-11-15(14(5)16)9-7-8-12(2)3/h10-11,14H,2,6-9H2,1,3-5H3/b13-10-,15-11-. The zero-order valence-corrected chi connectivity index (χ0v) is 11.1. The molecule has 0 fully saturated rings. The summed E-state index contributed by atoms with van der Waals surface area (Å²) in [5.41, 5.74) is 3.36. The second-order valence-electron chi connectivity index (χ2n) is 4.53. The molecular weight excluding hydrogens is 199 g/mol. The summed E-state index contributed by atoms with van der Waals surface area (Å²) in [7, 11) is 0. The first-order chi connectivity index (χ1) is 7.47. The van der Waals surface area contributed by atoms with Crippen molar-refractivity contribution >= 4 is 0 Å². The van der Waals surface area contributed by atoms with Crippen molar-refractivity contribution in [2.45, 2.75) is 59.5 Å². The topological polar surface area (TPSA) is 0 Å². The smallest absolute Gasteiger partial charge is 0.119 e. The minimum absolute atomic E-state index is 0.831. The molecule has 0 spiro atoms. The van der Waals surface area contributed by atoms with Gasteiger partial charge in [-0.15, -0.1) is 6.58 Å². The van der Waals surface area contributed by atoms with E-state index in [0.717, 1.165) is 31.3 Å². The van der Waals surface area contributed by atoms with E-state index in [9.17, 15) is 4.39 Å². The van der Waals surface area contributed by atoms with Gasteiger partial charge >= 0.3 is 0 Å². The van der Waals surface area contributed by atoms with Crippen LogP contribution in [0.15, 0.2) is 35.5 Å². The zero-order valence-electron chi connectivity index (χ0n) is 11.1. The van der Waals surface area contributed by atoms with Crippen LogP contribution in [0.5, 0.6) is 0 Å². The van der Waals surface area contributed by atoms with Crippen molar-refractivity contribution in [3.63, 3.8) is 0 Å². The maximum absolute atomic E-state index is 13.3. The van der Waals surface area contributed by atoms with Gasteiger partial charge in [0.1, 0.15) is 6.17 Å². The van der Waals surface area contributed by atoms with Crippen molar-refractivity contribution in [2.24, 2.45) is 0 Å². The van der Waals surface area contributed by atoms with Crippen LogP contribution in [0.25, 0.3) is 0 Å². The average Bonchev–Trinajstić information content (AvgIpc) is 2.21. The van der Waals surface area contributed by atoms with Crippen molar-refractivity contribution < 1.29 is 4.39 Å². The predicted octanol–water partition coefficient (Wildman–Crippen LogP) is 5.37. The van der Waals surface area contributed by atoms with Crippen molar-refractivity contribution in [2.75, 3.05) is 0 Å². The second kappa shape index (κ2) is 8.32. The normalized spacial score (nSPS) is 15.1. The molecule has 0 aromatic heterocycles. The summed E-state index contributed by atoms with van der Waals surface area (Å²) in [6.45, 7) is 11.7. The Morgan fingerprint density at radius 1 is 1.25 bits per heavy atom. The van der Waals surface area contributed by atoms with Gasteiger partial charge in [0, 0.05) is 0 Å². The van der Waals surface area contributed by atoms with Crippen LogP contribution in [0.2, 0.25) is 0 Å². The minimum Gasteiger partial charge on any atom is -0.243 e.